The van der Waals surface area contributed by atoms with Gasteiger partial charge in [-0.3, -0.25) is 4.79 Å². The molecular formula is C20H23F2N3O. The highest BCUT2D eigenvalue weighted by atomic mass is 19.3. The summed E-state index contributed by atoms with van der Waals surface area (Å²) in [6, 6.07) is 8.97. The molecular weight excluding hydrogens is 336 g/mol. The molecule has 0 bridgehead atoms. The fourth-order valence-electron chi connectivity index (χ4n) is 3.51. The highest BCUT2D eigenvalue weighted by Crippen LogP contribution is 2.41. The Morgan fingerprint density at radius 1 is 1.19 bits per heavy atom. The smallest absolute Gasteiger partial charge is 0.251 e. The zero-order chi connectivity index (χ0) is 18.6. The van der Waals surface area contributed by atoms with E-state index in [1.54, 1.807) is 31.5 Å². The van der Waals surface area contributed by atoms with Gasteiger partial charge in [-0.15, -0.1) is 0 Å². The van der Waals surface area contributed by atoms with Crippen LogP contribution in [0.3, 0.4) is 0 Å². The standard InChI is InChI=1S/C20H23F2N3O/c1-14-23-11-17(12-24-14)18(15-7-9-20(21,22)10-8-15)13-25-19(26)16-5-3-2-4-6-16/h2-6,11-12,15,18H,7-10,13H2,1H3,(H,25,26). The summed E-state index contributed by atoms with van der Waals surface area (Å²) in [4.78, 5) is 20.8. The van der Waals surface area contributed by atoms with Crippen LogP contribution in [0, 0.1) is 12.8 Å². The van der Waals surface area contributed by atoms with Crippen LogP contribution in [-0.2, 0) is 0 Å². The number of benzene rings is 1. The first kappa shape index (κ1) is 18.4. The van der Waals surface area contributed by atoms with Gasteiger partial charge in [-0.1, -0.05) is 18.2 Å². The fraction of sp³-hybridized carbons (Fsp3) is 0.450. The molecule has 0 radical (unpaired) electrons. The molecule has 1 saturated carbocycles. The van der Waals surface area contributed by atoms with Gasteiger partial charge in [0.2, 0.25) is 5.92 Å². The second-order valence-corrected chi connectivity index (χ2v) is 6.94. The summed E-state index contributed by atoms with van der Waals surface area (Å²) >= 11 is 0. The van der Waals surface area contributed by atoms with Gasteiger partial charge in [-0.05, 0) is 43.4 Å². The van der Waals surface area contributed by atoms with Crippen LogP contribution in [0.1, 0.15) is 53.3 Å². The van der Waals surface area contributed by atoms with Crippen molar-refractivity contribution < 1.29 is 13.6 Å². The lowest BCUT2D eigenvalue weighted by Gasteiger charge is -2.34. The lowest BCUT2D eigenvalue weighted by Crippen LogP contribution is -2.35. The number of hydrogen-bond acceptors (Lipinski definition) is 3. The number of halogens is 2. The zero-order valence-corrected chi connectivity index (χ0v) is 14.8. The molecule has 1 unspecified atom stereocenters. The number of nitrogens with zero attached hydrogens (tertiary/aromatic N) is 2. The molecule has 0 spiro atoms. The third kappa shape index (κ3) is 4.62. The molecule has 1 aromatic carbocycles. The number of rotatable bonds is 5. The molecule has 1 heterocycles. The van der Waals surface area contributed by atoms with Crippen LogP contribution < -0.4 is 5.32 Å². The van der Waals surface area contributed by atoms with Gasteiger partial charge in [0.05, 0.1) is 0 Å². The highest BCUT2D eigenvalue weighted by molar-refractivity contribution is 5.94. The van der Waals surface area contributed by atoms with Crippen LogP contribution in [0.2, 0.25) is 0 Å². The largest absolute Gasteiger partial charge is 0.351 e. The van der Waals surface area contributed by atoms with E-state index in [1.165, 1.54) is 0 Å². The minimum absolute atomic E-state index is 0.0700. The Balaban J connectivity index is 1.73. The van der Waals surface area contributed by atoms with E-state index in [2.05, 4.69) is 15.3 Å². The summed E-state index contributed by atoms with van der Waals surface area (Å²) in [6.45, 7) is 2.19. The number of aromatic nitrogens is 2. The summed E-state index contributed by atoms with van der Waals surface area (Å²) in [6.07, 6.45) is 4.16. The minimum atomic E-state index is -2.57. The lowest BCUT2D eigenvalue weighted by atomic mass is 9.76. The number of amides is 1. The average Bonchev–Trinajstić information content (AvgIpc) is 2.65. The Bertz CT molecular complexity index is 724. The molecule has 0 aliphatic heterocycles. The molecule has 138 valence electrons. The van der Waals surface area contributed by atoms with E-state index in [-0.39, 0.29) is 30.6 Å². The average molecular weight is 359 g/mol. The molecule has 1 aromatic heterocycles. The molecule has 1 fully saturated rings. The van der Waals surface area contributed by atoms with E-state index in [1.807, 2.05) is 18.2 Å². The maximum Gasteiger partial charge on any atom is 0.251 e. The van der Waals surface area contributed by atoms with Crippen LogP contribution in [0.4, 0.5) is 8.78 Å². The van der Waals surface area contributed by atoms with Crippen LogP contribution in [0.15, 0.2) is 42.7 Å². The first-order valence-electron chi connectivity index (χ1n) is 8.94. The molecule has 1 atom stereocenters. The van der Waals surface area contributed by atoms with Crippen molar-refractivity contribution in [2.75, 3.05) is 6.54 Å². The summed E-state index contributed by atoms with van der Waals surface area (Å²) in [7, 11) is 0. The number of hydrogen-bond donors (Lipinski definition) is 1. The maximum absolute atomic E-state index is 13.5. The van der Waals surface area contributed by atoms with Gasteiger partial charge in [0, 0.05) is 43.3 Å². The number of nitrogens with one attached hydrogen (secondary N) is 1. The monoisotopic (exact) mass is 359 g/mol. The second kappa shape index (κ2) is 7.89. The van der Waals surface area contributed by atoms with Gasteiger partial charge in [0.25, 0.3) is 5.91 Å². The summed E-state index contributed by atoms with van der Waals surface area (Å²) < 4.78 is 27.1. The summed E-state index contributed by atoms with van der Waals surface area (Å²) in [5, 5.41) is 2.95. The summed E-state index contributed by atoms with van der Waals surface area (Å²) in [5.41, 5.74) is 1.47. The summed E-state index contributed by atoms with van der Waals surface area (Å²) in [5.74, 6) is -2.06. The number of aryl methyl sites for hydroxylation is 1. The Hall–Kier alpha value is -2.37. The van der Waals surface area contributed by atoms with Gasteiger partial charge in [-0.2, -0.15) is 0 Å². The molecule has 3 rings (SSSR count). The zero-order valence-electron chi connectivity index (χ0n) is 14.8. The van der Waals surface area contributed by atoms with Crippen molar-refractivity contribution in [3.8, 4) is 0 Å². The predicted octanol–water partition coefficient (Wildman–Crippen LogP) is 4.12. The van der Waals surface area contributed by atoms with E-state index in [4.69, 9.17) is 0 Å². The van der Waals surface area contributed by atoms with Crippen LogP contribution in [0.25, 0.3) is 0 Å². The van der Waals surface area contributed by atoms with Crippen molar-refractivity contribution in [3.63, 3.8) is 0 Å². The Kier molecular flexibility index (Phi) is 5.59. The molecule has 4 nitrogen and oxygen atoms in total. The predicted molar refractivity (Wildman–Crippen MR) is 95.2 cm³/mol. The van der Waals surface area contributed by atoms with Gasteiger partial charge < -0.3 is 5.32 Å². The molecule has 6 heteroatoms. The number of alkyl halides is 2. The van der Waals surface area contributed by atoms with E-state index in [0.717, 1.165) is 5.56 Å². The van der Waals surface area contributed by atoms with Gasteiger partial charge in [0.1, 0.15) is 5.82 Å². The van der Waals surface area contributed by atoms with Gasteiger partial charge >= 0.3 is 0 Å². The molecule has 26 heavy (non-hydrogen) atoms. The van der Waals surface area contributed by atoms with Gasteiger partial charge in [-0.25, -0.2) is 18.7 Å². The van der Waals surface area contributed by atoms with Crippen molar-refractivity contribution >= 4 is 5.91 Å². The van der Waals surface area contributed by atoms with Crippen molar-refractivity contribution in [3.05, 3.63) is 59.7 Å². The van der Waals surface area contributed by atoms with Crippen molar-refractivity contribution in [2.45, 2.75) is 44.4 Å². The topological polar surface area (TPSA) is 54.9 Å². The van der Waals surface area contributed by atoms with Crippen LogP contribution in [0.5, 0.6) is 0 Å². The first-order valence-corrected chi connectivity index (χ1v) is 8.94. The normalized spacial score (nSPS) is 18.3. The first-order chi connectivity index (χ1) is 12.4. The SMILES string of the molecule is Cc1ncc(C(CNC(=O)c2ccccc2)C2CCC(F)(F)CC2)cn1. The van der Waals surface area contributed by atoms with E-state index in [9.17, 15) is 13.6 Å². The lowest BCUT2D eigenvalue weighted by molar-refractivity contribution is -0.0485. The number of carbonyl (C=O) groups is 1. The minimum Gasteiger partial charge on any atom is -0.351 e. The van der Waals surface area contributed by atoms with Crippen LogP contribution >= 0.6 is 0 Å². The van der Waals surface area contributed by atoms with E-state index < -0.39 is 5.92 Å². The Labute approximate surface area is 152 Å². The fourth-order valence-corrected chi connectivity index (χ4v) is 3.51. The highest BCUT2D eigenvalue weighted by Gasteiger charge is 2.38. The Morgan fingerprint density at radius 2 is 1.81 bits per heavy atom. The molecule has 2 aromatic rings. The molecule has 1 aliphatic carbocycles. The third-order valence-electron chi connectivity index (χ3n) is 5.08. The maximum atomic E-state index is 13.5. The quantitative estimate of drug-likeness (QED) is 0.873. The van der Waals surface area contributed by atoms with E-state index in [0.29, 0.717) is 30.8 Å². The van der Waals surface area contributed by atoms with Crippen molar-refractivity contribution in [2.24, 2.45) is 5.92 Å². The van der Waals surface area contributed by atoms with Crippen molar-refractivity contribution in [1.29, 1.82) is 0 Å². The van der Waals surface area contributed by atoms with Gasteiger partial charge in [0.15, 0.2) is 0 Å². The van der Waals surface area contributed by atoms with E-state index >= 15 is 0 Å². The third-order valence-corrected chi connectivity index (χ3v) is 5.08. The molecule has 1 amide bonds. The van der Waals surface area contributed by atoms with Crippen molar-refractivity contribution in [1.82, 2.24) is 15.3 Å². The molecule has 1 aliphatic rings. The number of carbonyl (C=O) groups excluding carboxylic acids is 1. The van der Waals surface area contributed by atoms with Crippen LogP contribution in [-0.4, -0.2) is 28.3 Å². The molecule has 1 N–H and O–H groups in total. The molecule has 0 saturated heterocycles. The second-order valence-electron chi connectivity index (χ2n) is 6.94. The Morgan fingerprint density at radius 3 is 2.42 bits per heavy atom.